The highest BCUT2D eigenvalue weighted by Gasteiger charge is 2.11. The number of aromatic nitrogens is 1. The van der Waals surface area contributed by atoms with Crippen molar-refractivity contribution in [2.45, 2.75) is 26.3 Å². The Morgan fingerprint density at radius 1 is 1.27 bits per heavy atom. The smallest absolute Gasteiger partial charge is 0.252 e. The highest BCUT2D eigenvalue weighted by molar-refractivity contribution is 7.89. The Hall–Kier alpha value is -1.86. The third kappa shape index (κ3) is 4.08. The van der Waals surface area contributed by atoms with Gasteiger partial charge in [-0.3, -0.25) is 4.79 Å². The topological polar surface area (TPSA) is 88.3 Å². The number of rotatable bonds is 7. The molecule has 0 saturated carbocycles. The van der Waals surface area contributed by atoms with Gasteiger partial charge in [0.05, 0.1) is 18.4 Å². The van der Waals surface area contributed by atoms with Crippen molar-refractivity contribution in [1.29, 1.82) is 0 Å². The first-order valence-electron chi connectivity index (χ1n) is 7.12. The molecule has 0 bridgehead atoms. The monoisotopic (exact) mass is 324 g/mol. The Morgan fingerprint density at radius 2 is 2.05 bits per heavy atom. The van der Waals surface area contributed by atoms with Gasteiger partial charge in [0, 0.05) is 18.2 Å². The summed E-state index contributed by atoms with van der Waals surface area (Å²) in [6.45, 7) is 1.92. The van der Waals surface area contributed by atoms with E-state index in [9.17, 15) is 13.2 Å². The van der Waals surface area contributed by atoms with Crippen LogP contribution in [0.3, 0.4) is 0 Å². The van der Waals surface area contributed by atoms with Gasteiger partial charge in [-0.15, -0.1) is 0 Å². The molecule has 0 aliphatic carbocycles. The van der Waals surface area contributed by atoms with Crippen molar-refractivity contribution in [2.75, 3.05) is 12.9 Å². The Morgan fingerprint density at radius 3 is 2.73 bits per heavy atom. The molecule has 1 heterocycles. The second-order valence-electron chi connectivity index (χ2n) is 5.07. The maximum absolute atomic E-state index is 12.0. The van der Waals surface area contributed by atoms with Crippen LogP contribution in [-0.2, 0) is 16.6 Å². The predicted octanol–water partition coefficient (Wildman–Crippen LogP) is 1.76. The van der Waals surface area contributed by atoms with Gasteiger partial charge in [-0.1, -0.05) is 13.3 Å². The molecule has 0 aliphatic rings. The summed E-state index contributed by atoms with van der Waals surface area (Å²) in [6, 6.07) is 7.02. The second kappa shape index (κ2) is 6.93. The fraction of sp³-hybridized carbons (Fsp3) is 0.400. The summed E-state index contributed by atoms with van der Waals surface area (Å²) in [5, 5.41) is 0.822. The number of ether oxygens (including phenoxy) is 1. The summed E-state index contributed by atoms with van der Waals surface area (Å²) >= 11 is 0. The number of unbranched alkanes of at least 4 members (excludes halogenated alkanes) is 1. The first-order valence-corrected chi connectivity index (χ1v) is 8.77. The van der Waals surface area contributed by atoms with Crippen LogP contribution in [0.15, 0.2) is 29.1 Å². The van der Waals surface area contributed by atoms with E-state index in [-0.39, 0.29) is 17.9 Å². The molecule has 22 heavy (non-hydrogen) atoms. The minimum absolute atomic E-state index is 0.0106. The van der Waals surface area contributed by atoms with Crippen molar-refractivity contribution in [2.24, 2.45) is 0 Å². The predicted molar refractivity (Wildman–Crippen MR) is 86.7 cm³/mol. The molecule has 1 aromatic carbocycles. The lowest BCUT2D eigenvalue weighted by Crippen LogP contribution is -2.28. The molecule has 0 radical (unpaired) electrons. The quantitative estimate of drug-likeness (QED) is 0.812. The molecule has 120 valence electrons. The van der Waals surface area contributed by atoms with E-state index in [0.29, 0.717) is 23.3 Å². The maximum Gasteiger partial charge on any atom is 0.252 e. The number of hydrogen-bond donors (Lipinski definition) is 2. The van der Waals surface area contributed by atoms with Crippen molar-refractivity contribution in [3.8, 4) is 5.75 Å². The number of fused-ring (bicyclic) bond motifs is 1. The van der Waals surface area contributed by atoms with Gasteiger partial charge in [0.15, 0.2) is 0 Å². The Balaban J connectivity index is 2.22. The molecule has 0 fully saturated rings. The van der Waals surface area contributed by atoms with Crippen LogP contribution >= 0.6 is 0 Å². The van der Waals surface area contributed by atoms with E-state index < -0.39 is 10.0 Å². The average molecular weight is 324 g/mol. The average Bonchev–Trinajstić information content (AvgIpc) is 2.50. The molecule has 7 heteroatoms. The first-order chi connectivity index (χ1) is 10.4. The van der Waals surface area contributed by atoms with Crippen molar-refractivity contribution in [3.63, 3.8) is 0 Å². The number of pyridine rings is 1. The van der Waals surface area contributed by atoms with Crippen LogP contribution in [0.25, 0.3) is 10.9 Å². The summed E-state index contributed by atoms with van der Waals surface area (Å²) in [4.78, 5) is 14.8. The zero-order valence-electron chi connectivity index (χ0n) is 12.7. The number of sulfonamides is 1. The molecule has 2 N–H and O–H groups in total. The van der Waals surface area contributed by atoms with Crippen LogP contribution in [-0.4, -0.2) is 26.3 Å². The van der Waals surface area contributed by atoms with Gasteiger partial charge in [-0.05, 0) is 30.0 Å². The van der Waals surface area contributed by atoms with Crippen molar-refractivity contribution >= 4 is 20.9 Å². The first kappa shape index (κ1) is 16.5. The van der Waals surface area contributed by atoms with Crippen LogP contribution < -0.4 is 15.0 Å². The lowest BCUT2D eigenvalue weighted by molar-refractivity contribution is 0.415. The maximum atomic E-state index is 12.0. The summed E-state index contributed by atoms with van der Waals surface area (Å²) < 4.78 is 31.1. The van der Waals surface area contributed by atoms with Crippen molar-refractivity contribution in [3.05, 3.63) is 40.2 Å². The molecule has 0 spiro atoms. The summed E-state index contributed by atoms with van der Waals surface area (Å²) in [5.74, 6) is 0.725. The minimum atomic E-state index is -3.35. The summed E-state index contributed by atoms with van der Waals surface area (Å²) in [7, 11) is -1.79. The zero-order valence-corrected chi connectivity index (χ0v) is 13.5. The number of nitrogens with one attached hydrogen (secondary N) is 2. The van der Waals surface area contributed by atoms with E-state index in [1.165, 1.54) is 0 Å². The van der Waals surface area contributed by atoms with E-state index in [2.05, 4.69) is 9.71 Å². The lowest BCUT2D eigenvalue weighted by atomic mass is 10.1. The van der Waals surface area contributed by atoms with Crippen LogP contribution in [0.1, 0.15) is 25.3 Å². The fourth-order valence-electron chi connectivity index (χ4n) is 2.08. The molecule has 6 nitrogen and oxygen atoms in total. The Bertz CT molecular complexity index is 812. The lowest BCUT2D eigenvalue weighted by Gasteiger charge is -2.07. The van der Waals surface area contributed by atoms with Gasteiger partial charge < -0.3 is 9.72 Å². The molecule has 0 amide bonds. The van der Waals surface area contributed by atoms with Gasteiger partial charge in [-0.2, -0.15) is 0 Å². The molecular formula is C15H20N2O4S. The number of H-pyrrole nitrogens is 1. The van der Waals surface area contributed by atoms with Gasteiger partial charge in [0.2, 0.25) is 10.0 Å². The van der Waals surface area contributed by atoms with E-state index >= 15 is 0 Å². The summed E-state index contributed by atoms with van der Waals surface area (Å²) in [5.41, 5.74) is 0.735. The highest BCUT2D eigenvalue weighted by Crippen LogP contribution is 2.18. The van der Waals surface area contributed by atoms with Crippen molar-refractivity contribution in [1.82, 2.24) is 9.71 Å². The van der Waals surface area contributed by atoms with Crippen LogP contribution in [0, 0.1) is 0 Å². The number of aromatic amines is 1. The van der Waals surface area contributed by atoms with E-state index in [1.54, 1.807) is 25.3 Å². The Labute approximate surface area is 129 Å². The van der Waals surface area contributed by atoms with Crippen molar-refractivity contribution < 1.29 is 13.2 Å². The SMILES string of the molecule is CCCCS(=O)(=O)NCc1cc2ccc(OC)cc2[nH]c1=O. The van der Waals surface area contributed by atoms with Gasteiger partial charge in [-0.25, -0.2) is 13.1 Å². The third-order valence-electron chi connectivity index (χ3n) is 3.38. The molecule has 2 rings (SSSR count). The summed E-state index contributed by atoms with van der Waals surface area (Å²) in [6.07, 6.45) is 1.41. The minimum Gasteiger partial charge on any atom is -0.497 e. The standard InChI is InChI=1S/C15H20N2O4S/c1-3-4-7-22(19,20)16-10-12-8-11-5-6-13(21-2)9-14(11)17-15(12)18/h5-6,8-9,16H,3-4,7,10H2,1-2H3,(H,17,18). The van der Waals surface area contributed by atoms with E-state index in [1.807, 2.05) is 13.0 Å². The van der Waals surface area contributed by atoms with E-state index in [4.69, 9.17) is 4.74 Å². The number of benzene rings is 1. The van der Waals surface area contributed by atoms with Crippen LogP contribution in [0.4, 0.5) is 0 Å². The number of hydrogen-bond acceptors (Lipinski definition) is 4. The zero-order chi connectivity index (χ0) is 16.2. The molecular weight excluding hydrogens is 304 g/mol. The molecule has 0 saturated heterocycles. The van der Waals surface area contributed by atoms with Gasteiger partial charge >= 0.3 is 0 Å². The van der Waals surface area contributed by atoms with E-state index in [0.717, 1.165) is 11.8 Å². The molecule has 0 aliphatic heterocycles. The molecule has 2 aromatic rings. The third-order valence-corrected chi connectivity index (χ3v) is 4.79. The van der Waals surface area contributed by atoms with Crippen LogP contribution in [0.2, 0.25) is 0 Å². The molecule has 0 unspecified atom stereocenters. The van der Waals surface area contributed by atoms with Gasteiger partial charge in [0.1, 0.15) is 5.75 Å². The molecule has 0 atom stereocenters. The Kier molecular flexibility index (Phi) is 5.20. The largest absolute Gasteiger partial charge is 0.497 e. The normalized spacial score (nSPS) is 11.7. The van der Waals surface area contributed by atoms with Crippen LogP contribution in [0.5, 0.6) is 5.75 Å². The second-order valence-corrected chi connectivity index (χ2v) is 7.00. The molecule has 1 aromatic heterocycles. The highest BCUT2D eigenvalue weighted by atomic mass is 32.2. The van der Waals surface area contributed by atoms with Gasteiger partial charge in [0.25, 0.3) is 5.56 Å². The number of methoxy groups -OCH3 is 1. The fourth-order valence-corrected chi connectivity index (χ4v) is 3.27.